The maximum atomic E-state index is 13.1. The van der Waals surface area contributed by atoms with Crippen molar-refractivity contribution in [3.63, 3.8) is 0 Å². The fourth-order valence-electron chi connectivity index (χ4n) is 2.34. The Morgan fingerprint density at radius 1 is 1.15 bits per heavy atom. The van der Waals surface area contributed by atoms with E-state index in [4.69, 9.17) is 5.73 Å². The van der Waals surface area contributed by atoms with Crippen LogP contribution < -0.4 is 11.1 Å². The lowest BCUT2D eigenvalue weighted by Gasteiger charge is -2.13. The molecule has 0 spiro atoms. The Morgan fingerprint density at radius 3 is 2.42 bits per heavy atom. The summed E-state index contributed by atoms with van der Waals surface area (Å²) in [6, 6.07) is 9.71. The van der Waals surface area contributed by atoms with Crippen molar-refractivity contribution < 1.29 is 13.2 Å². The van der Waals surface area contributed by atoms with Crippen molar-refractivity contribution in [2.75, 3.05) is 5.32 Å². The van der Waals surface area contributed by atoms with Gasteiger partial charge in [-0.3, -0.25) is 0 Å². The number of nitrogens with two attached hydrogens (primary N) is 1. The molecule has 2 rings (SSSR count). The van der Waals surface area contributed by atoms with Gasteiger partial charge in [-0.15, -0.1) is 12.4 Å². The quantitative estimate of drug-likeness (QED) is 0.438. The molecule has 0 amide bonds. The van der Waals surface area contributed by atoms with Gasteiger partial charge in [-0.05, 0) is 64.2 Å². The van der Waals surface area contributed by atoms with Crippen LogP contribution in [0.5, 0.6) is 0 Å². The normalized spacial score (nSPS) is 11.8. The zero-order valence-electron chi connectivity index (χ0n) is 14.3. The number of aryl methyl sites for hydroxylation is 2. The minimum absolute atomic E-state index is 0. The molecular weight excluding hydrogens is 431 g/mol. The van der Waals surface area contributed by atoms with Crippen LogP contribution in [-0.4, -0.2) is 5.96 Å². The molecule has 0 fully saturated rings. The molecule has 0 aliphatic heterocycles. The van der Waals surface area contributed by atoms with E-state index in [1.807, 2.05) is 31.2 Å². The Morgan fingerprint density at radius 2 is 1.85 bits per heavy atom. The Kier molecular flexibility index (Phi) is 7.96. The first-order valence-corrected chi connectivity index (χ1v) is 8.63. The Balaban J connectivity index is 0.00000338. The van der Waals surface area contributed by atoms with Gasteiger partial charge in [0, 0.05) is 10.2 Å². The van der Waals surface area contributed by atoms with Crippen LogP contribution in [-0.2, 0) is 19.0 Å². The maximum absolute atomic E-state index is 13.1. The number of hydrogen-bond acceptors (Lipinski definition) is 1. The van der Waals surface area contributed by atoms with E-state index < -0.39 is 11.7 Å². The molecule has 142 valence electrons. The monoisotopic (exact) mass is 449 g/mol. The van der Waals surface area contributed by atoms with E-state index in [2.05, 4.69) is 26.2 Å². The fourth-order valence-corrected chi connectivity index (χ4v) is 2.94. The van der Waals surface area contributed by atoms with Crippen LogP contribution in [0.2, 0.25) is 0 Å². The molecule has 0 aromatic heterocycles. The van der Waals surface area contributed by atoms with Crippen LogP contribution >= 0.6 is 28.3 Å². The fraction of sp³-hybridized carbons (Fsp3) is 0.278. The van der Waals surface area contributed by atoms with Crippen molar-refractivity contribution in [2.45, 2.75) is 32.9 Å². The van der Waals surface area contributed by atoms with Crippen molar-refractivity contribution in [1.82, 2.24) is 0 Å². The van der Waals surface area contributed by atoms with Crippen LogP contribution in [0.25, 0.3) is 0 Å². The summed E-state index contributed by atoms with van der Waals surface area (Å²) in [5, 5.41) is 2.91. The maximum Gasteiger partial charge on any atom is 0.416 e. The molecule has 0 bridgehead atoms. The SMILES string of the molecule is CCc1cccc(NC(N)=Nc2cc(C(F)(F)F)cc(CC)c2Br)c1.Cl. The highest BCUT2D eigenvalue weighted by molar-refractivity contribution is 9.10. The van der Waals surface area contributed by atoms with Crippen molar-refractivity contribution >= 4 is 45.7 Å². The Labute approximate surface area is 165 Å². The molecule has 2 aromatic carbocycles. The molecule has 0 aliphatic rings. The molecule has 26 heavy (non-hydrogen) atoms. The number of nitrogens with one attached hydrogen (secondary N) is 1. The first kappa shape index (κ1) is 22.3. The van der Waals surface area contributed by atoms with Crippen LogP contribution in [0.1, 0.15) is 30.5 Å². The predicted octanol–water partition coefficient (Wildman–Crippen LogP) is 6.07. The lowest BCUT2D eigenvalue weighted by molar-refractivity contribution is -0.137. The number of rotatable bonds is 4. The molecule has 0 saturated heterocycles. The molecule has 0 heterocycles. The van der Waals surface area contributed by atoms with E-state index in [0.717, 1.165) is 29.8 Å². The zero-order chi connectivity index (χ0) is 18.6. The average Bonchev–Trinajstić information content (AvgIpc) is 2.55. The van der Waals surface area contributed by atoms with Crippen LogP contribution in [0, 0.1) is 0 Å². The topological polar surface area (TPSA) is 50.4 Å². The smallest absolute Gasteiger partial charge is 0.369 e. The molecule has 0 saturated carbocycles. The number of halogens is 5. The highest BCUT2D eigenvalue weighted by Gasteiger charge is 2.32. The predicted molar refractivity (Wildman–Crippen MR) is 106 cm³/mol. The summed E-state index contributed by atoms with van der Waals surface area (Å²) >= 11 is 3.32. The van der Waals surface area contributed by atoms with Crippen LogP contribution in [0.15, 0.2) is 45.9 Å². The number of anilines is 1. The molecule has 8 heteroatoms. The van der Waals surface area contributed by atoms with Gasteiger partial charge in [0.05, 0.1) is 11.3 Å². The van der Waals surface area contributed by atoms with Gasteiger partial charge in [0.2, 0.25) is 0 Å². The highest BCUT2D eigenvalue weighted by atomic mass is 79.9. The molecule has 0 aliphatic carbocycles. The molecule has 2 aromatic rings. The number of guanidine groups is 1. The van der Waals surface area contributed by atoms with E-state index in [1.54, 1.807) is 6.92 Å². The first-order valence-electron chi connectivity index (χ1n) is 7.84. The van der Waals surface area contributed by atoms with E-state index in [1.165, 1.54) is 0 Å². The van der Waals surface area contributed by atoms with Gasteiger partial charge in [0.15, 0.2) is 5.96 Å². The van der Waals surface area contributed by atoms with Gasteiger partial charge in [-0.25, -0.2) is 4.99 Å². The summed E-state index contributed by atoms with van der Waals surface area (Å²) in [5.41, 5.74) is 7.66. The second-order valence-corrected chi connectivity index (χ2v) is 6.29. The molecule has 3 nitrogen and oxygen atoms in total. The van der Waals surface area contributed by atoms with Gasteiger partial charge in [-0.2, -0.15) is 13.2 Å². The lowest BCUT2D eigenvalue weighted by Crippen LogP contribution is -2.22. The molecule has 0 unspecified atom stereocenters. The standard InChI is InChI=1S/C18H19BrF3N3.ClH/c1-3-11-6-5-7-14(8-11)24-17(23)25-15-10-13(18(20,21)22)9-12(4-2)16(15)19;/h5-10H,3-4H2,1-2H3,(H3,23,24,25);1H. The molecule has 0 atom stereocenters. The summed E-state index contributed by atoms with van der Waals surface area (Å²) in [6.45, 7) is 3.81. The van der Waals surface area contributed by atoms with Gasteiger partial charge < -0.3 is 11.1 Å². The van der Waals surface area contributed by atoms with Gasteiger partial charge in [-0.1, -0.05) is 26.0 Å². The number of benzene rings is 2. The van der Waals surface area contributed by atoms with Crippen LogP contribution in [0.3, 0.4) is 0 Å². The second-order valence-electron chi connectivity index (χ2n) is 5.50. The van der Waals surface area contributed by atoms with Crippen molar-refractivity contribution in [3.05, 3.63) is 57.6 Å². The summed E-state index contributed by atoms with van der Waals surface area (Å²) in [7, 11) is 0. The minimum atomic E-state index is -4.44. The number of aliphatic imine (C=N–C) groups is 1. The zero-order valence-corrected chi connectivity index (χ0v) is 16.7. The second kappa shape index (κ2) is 9.28. The summed E-state index contributed by atoms with van der Waals surface area (Å²) in [6.07, 6.45) is -3.13. The van der Waals surface area contributed by atoms with E-state index >= 15 is 0 Å². The number of nitrogens with zero attached hydrogens (tertiary/aromatic N) is 1. The van der Waals surface area contributed by atoms with Crippen molar-refractivity contribution in [3.8, 4) is 0 Å². The lowest BCUT2D eigenvalue weighted by atomic mass is 10.1. The number of hydrogen-bond donors (Lipinski definition) is 2. The number of alkyl halides is 3. The molecule has 0 radical (unpaired) electrons. The summed E-state index contributed by atoms with van der Waals surface area (Å²) < 4.78 is 39.7. The van der Waals surface area contributed by atoms with Gasteiger partial charge in [0.25, 0.3) is 0 Å². The Hall–Kier alpha value is -1.73. The first-order chi connectivity index (χ1) is 11.7. The largest absolute Gasteiger partial charge is 0.416 e. The van der Waals surface area contributed by atoms with Gasteiger partial charge >= 0.3 is 6.18 Å². The highest BCUT2D eigenvalue weighted by Crippen LogP contribution is 2.38. The minimum Gasteiger partial charge on any atom is -0.369 e. The third-order valence-corrected chi connectivity index (χ3v) is 4.60. The van der Waals surface area contributed by atoms with Crippen molar-refractivity contribution in [2.24, 2.45) is 10.7 Å². The van der Waals surface area contributed by atoms with Crippen molar-refractivity contribution in [1.29, 1.82) is 0 Å². The van der Waals surface area contributed by atoms with E-state index in [9.17, 15) is 13.2 Å². The molecular formula is C18H20BrClF3N3. The van der Waals surface area contributed by atoms with Crippen LogP contribution in [0.4, 0.5) is 24.5 Å². The average molecular weight is 451 g/mol. The Bertz CT molecular complexity index is 792. The van der Waals surface area contributed by atoms with E-state index in [0.29, 0.717) is 16.5 Å². The summed E-state index contributed by atoms with van der Waals surface area (Å²) in [5.74, 6) is 0.0235. The van der Waals surface area contributed by atoms with E-state index in [-0.39, 0.29) is 24.1 Å². The summed E-state index contributed by atoms with van der Waals surface area (Å²) in [4.78, 5) is 4.13. The molecule has 3 N–H and O–H groups in total. The van der Waals surface area contributed by atoms with Gasteiger partial charge in [0.1, 0.15) is 0 Å². The third-order valence-electron chi connectivity index (χ3n) is 3.69. The third kappa shape index (κ3) is 5.64.